The highest BCUT2D eigenvalue weighted by Crippen LogP contribution is 2.34. The third-order valence-electron chi connectivity index (χ3n) is 2.79. The number of anilines is 2. The van der Waals surface area contributed by atoms with Crippen LogP contribution in [0.5, 0.6) is 0 Å². The van der Waals surface area contributed by atoms with Gasteiger partial charge in [-0.05, 0) is 12.1 Å². The number of nitrogen functional groups attached to an aromatic ring is 1. The highest BCUT2D eigenvalue weighted by molar-refractivity contribution is 8.14. The van der Waals surface area contributed by atoms with Crippen molar-refractivity contribution >= 4 is 34.2 Å². The summed E-state index contributed by atoms with van der Waals surface area (Å²) in [6.07, 6.45) is 0.111. The molecule has 0 bridgehead atoms. The van der Waals surface area contributed by atoms with E-state index in [-0.39, 0.29) is 40.6 Å². The molecule has 1 aromatic rings. The molecule has 1 fully saturated rings. The minimum absolute atomic E-state index is 0.000671. The van der Waals surface area contributed by atoms with Crippen molar-refractivity contribution in [2.75, 3.05) is 17.2 Å². The molecule has 1 atom stereocenters. The molecule has 2 N–H and O–H groups in total. The van der Waals surface area contributed by atoms with E-state index in [2.05, 4.69) is 0 Å². The molecule has 102 valence electrons. The number of carbonyl (C=O) groups excluding carboxylic acids is 2. The van der Waals surface area contributed by atoms with E-state index in [9.17, 15) is 18.4 Å². The molecule has 1 aliphatic heterocycles. The Hall–Kier alpha value is -1.63. The number of amides is 1. The lowest BCUT2D eigenvalue weighted by atomic mass is 10.2. The molecule has 0 saturated carbocycles. The number of benzene rings is 1. The zero-order chi connectivity index (χ0) is 14.2. The van der Waals surface area contributed by atoms with Gasteiger partial charge in [0.2, 0.25) is 5.91 Å². The predicted molar refractivity (Wildman–Crippen MR) is 69.8 cm³/mol. The van der Waals surface area contributed by atoms with Crippen molar-refractivity contribution in [3.63, 3.8) is 0 Å². The first-order valence-corrected chi connectivity index (χ1v) is 6.49. The number of rotatable bonds is 2. The van der Waals surface area contributed by atoms with Gasteiger partial charge in [-0.25, -0.2) is 8.78 Å². The predicted octanol–water partition coefficient (Wildman–Crippen LogP) is 1.93. The van der Waals surface area contributed by atoms with Crippen LogP contribution < -0.4 is 10.6 Å². The van der Waals surface area contributed by atoms with Gasteiger partial charge in [0.1, 0.15) is 5.69 Å². The van der Waals surface area contributed by atoms with Gasteiger partial charge in [0.05, 0.1) is 5.69 Å². The Morgan fingerprint density at radius 3 is 2.79 bits per heavy atom. The van der Waals surface area contributed by atoms with Gasteiger partial charge in [0.15, 0.2) is 16.7 Å². The van der Waals surface area contributed by atoms with Crippen molar-refractivity contribution in [1.29, 1.82) is 0 Å². The Kier molecular flexibility index (Phi) is 3.75. The van der Waals surface area contributed by atoms with Crippen molar-refractivity contribution in [1.82, 2.24) is 0 Å². The second kappa shape index (κ2) is 5.16. The van der Waals surface area contributed by atoms with Gasteiger partial charge in [-0.2, -0.15) is 0 Å². The molecule has 1 amide bonds. The first kappa shape index (κ1) is 13.8. The molecule has 4 nitrogen and oxygen atoms in total. The maximum absolute atomic E-state index is 13.8. The smallest absolute Gasteiger partial charge is 0.228 e. The molecule has 0 radical (unpaired) electrons. The molecule has 1 saturated heterocycles. The second-order valence-corrected chi connectivity index (χ2v) is 5.72. The van der Waals surface area contributed by atoms with Crippen LogP contribution in [0.2, 0.25) is 0 Å². The number of nitrogens with zero attached hydrogens (tertiary/aromatic N) is 1. The zero-order valence-corrected chi connectivity index (χ0v) is 11.0. The lowest BCUT2D eigenvalue weighted by molar-refractivity contribution is -0.117. The molecule has 0 spiro atoms. The first-order valence-electron chi connectivity index (χ1n) is 5.61. The number of hydrogen-bond acceptors (Lipinski definition) is 4. The Morgan fingerprint density at radius 1 is 1.47 bits per heavy atom. The highest BCUT2D eigenvalue weighted by Gasteiger charge is 2.34. The summed E-state index contributed by atoms with van der Waals surface area (Å²) in [6.45, 7) is 1.54. The Balaban J connectivity index is 2.31. The normalized spacial score (nSPS) is 19.0. The monoisotopic (exact) mass is 286 g/mol. The Morgan fingerprint density at radius 2 is 2.16 bits per heavy atom. The molecule has 2 rings (SSSR count). The molecule has 1 heterocycles. The lowest BCUT2D eigenvalue weighted by Gasteiger charge is -2.19. The van der Waals surface area contributed by atoms with E-state index in [0.717, 1.165) is 22.7 Å². The second-order valence-electron chi connectivity index (χ2n) is 4.24. The summed E-state index contributed by atoms with van der Waals surface area (Å²) in [5, 5.41) is -0.376. The lowest BCUT2D eigenvalue weighted by Crippen LogP contribution is -2.27. The molecular formula is C12H12F2N2O2S. The van der Waals surface area contributed by atoms with Crippen LogP contribution in [0.25, 0.3) is 0 Å². The highest BCUT2D eigenvalue weighted by atomic mass is 32.2. The van der Waals surface area contributed by atoms with Gasteiger partial charge in [0, 0.05) is 25.1 Å². The molecule has 1 aliphatic rings. The van der Waals surface area contributed by atoms with Gasteiger partial charge < -0.3 is 10.6 Å². The summed E-state index contributed by atoms with van der Waals surface area (Å²) in [5.41, 5.74) is 5.37. The van der Waals surface area contributed by atoms with Gasteiger partial charge in [-0.1, -0.05) is 11.8 Å². The van der Waals surface area contributed by atoms with Gasteiger partial charge in [0.25, 0.3) is 0 Å². The fraction of sp³-hybridized carbons (Fsp3) is 0.333. The number of carbonyl (C=O) groups is 2. The van der Waals surface area contributed by atoms with Crippen LogP contribution in [0.4, 0.5) is 20.2 Å². The van der Waals surface area contributed by atoms with Gasteiger partial charge >= 0.3 is 0 Å². The van der Waals surface area contributed by atoms with Crippen molar-refractivity contribution in [3.8, 4) is 0 Å². The number of hydrogen-bond donors (Lipinski definition) is 1. The Labute approximate surface area is 112 Å². The fourth-order valence-corrected chi connectivity index (χ4v) is 2.95. The third-order valence-corrected chi connectivity index (χ3v) is 3.77. The van der Waals surface area contributed by atoms with E-state index in [0.29, 0.717) is 0 Å². The molecule has 1 aromatic carbocycles. The van der Waals surface area contributed by atoms with E-state index < -0.39 is 11.6 Å². The minimum atomic E-state index is -1.14. The topological polar surface area (TPSA) is 63.4 Å². The van der Waals surface area contributed by atoms with Gasteiger partial charge in [-0.15, -0.1) is 0 Å². The van der Waals surface area contributed by atoms with Crippen LogP contribution >= 0.6 is 11.8 Å². The number of halogens is 2. The molecule has 19 heavy (non-hydrogen) atoms. The summed E-state index contributed by atoms with van der Waals surface area (Å²) >= 11 is 1.02. The maximum atomic E-state index is 13.8. The van der Waals surface area contributed by atoms with E-state index in [1.807, 2.05) is 0 Å². The molecular weight excluding hydrogens is 274 g/mol. The van der Waals surface area contributed by atoms with E-state index in [1.54, 1.807) is 0 Å². The minimum Gasteiger partial charge on any atom is -0.397 e. The average molecular weight is 286 g/mol. The summed E-state index contributed by atoms with van der Waals surface area (Å²) in [7, 11) is 0. The van der Waals surface area contributed by atoms with Crippen LogP contribution in [0.15, 0.2) is 12.1 Å². The standard InChI is InChI=1S/C12H12F2N2O2S/c1-6(17)19-7-4-10(18)16(5-7)12-9(15)3-2-8(13)11(12)14/h2-3,7H,4-5,15H2,1H3. The fourth-order valence-electron chi connectivity index (χ4n) is 2.03. The van der Waals surface area contributed by atoms with E-state index in [1.165, 1.54) is 13.0 Å². The SMILES string of the molecule is CC(=O)SC1CC(=O)N(c2c(N)ccc(F)c2F)C1. The quantitative estimate of drug-likeness (QED) is 0.844. The molecule has 0 aromatic heterocycles. The number of nitrogens with two attached hydrogens (primary N) is 1. The zero-order valence-electron chi connectivity index (χ0n) is 10.2. The van der Waals surface area contributed by atoms with Gasteiger partial charge in [-0.3, -0.25) is 9.59 Å². The van der Waals surface area contributed by atoms with E-state index >= 15 is 0 Å². The van der Waals surface area contributed by atoms with Crippen molar-refractivity contribution < 1.29 is 18.4 Å². The molecule has 1 unspecified atom stereocenters. The van der Waals surface area contributed by atoms with Crippen molar-refractivity contribution in [2.45, 2.75) is 18.6 Å². The summed E-state index contributed by atoms with van der Waals surface area (Å²) in [6, 6.07) is 2.13. The van der Waals surface area contributed by atoms with Crippen LogP contribution in [0.1, 0.15) is 13.3 Å². The third kappa shape index (κ3) is 2.70. The van der Waals surface area contributed by atoms with E-state index in [4.69, 9.17) is 5.73 Å². The van der Waals surface area contributed by atoms with Crippen molar-refractivity contribution in [2.24, 2.45) is 0 Å². The maximum Gasteiger partial charge on any atom is 0.228 e. The van der Waals surface area contributed by atoms with Crippen LogP contribution in [0, 0.1) is 11.6 Å². The number of thioether (sulfide) groups is 1. The molecule has 7 heteroatoms. The van der Waals surface area contributed by atoms with Crippen LogP contribution in [-0.2, 0) is 9.59 Å². The average Bonchev–Trinajstić information content (AvgIpc) is 2.65. The first-order chi connectivity index (χ1) is 8.90. The summed E-state index contributed by atoms with van der Waals surface area (Å²) in [4.78, 5) is 24.0. The van der Waals surface area contributed by atoms with Crippen LogP contribution in [-0.4, -0.2) is 22.8 Å². The summed E-state index contributed by atoms with van der Waals surface area (Å²) in [5.74, 6) is -2.56. The molecule has 0 aliphatic carbocycles. The largest absolute Gasteiger partial charge is 0.397 e. The van der Waals surface area contributed by atoms with Crippen molar-refractivity contribution in [3.05, 3.63) is 23.8 Å². The Bertz CT molecular complexity index is 551. The summed E-state index contributed by atoms with van der Waals surface area (Å²) < 4.78 is 27.0. The van der Waals surface area contributed by atoms with Crippen LogP contribution in [0.3, 0.4) is 0 Å².